The molecule has 3 aliphatic rings. The van der Waals surface area contributed by atoms with E-state index in [0.29, 0.717) is 5.41 Å². The third kappa shape index (κ3) is 2.13. The smallest absolute Gasteiger partial charge is 0.0134 e. The highest BCUT2D eigenvalue weighted by Gasteiger charge is 2.41. The summed E-state index contributed by atoms with van der Waals surface area (Å²) in [5.74, 6) is 0. The van der Waals surface area contributed by atoms with Gasteiger partial charge >= 0.3 is 0 Å². The molecule has 0 N–H and O–H groups in total. The van der Waals surface area contributed by atoms with Gasteiger partial charge in [-0.1, -0.05) is 91.1 Å². The molecule has 0 radical (unpaired) electrons. The first-order valence-electron chi connectivity index (χ1n) is 9.43. The van der Waals surface area contributed by atoms with Gasteiger partial charge in [0.1, 0.15) is 0 Å². The van der Waals surface area contributed by atoms with Crippen LogP contribution in [0.4, 0.5) is 0 Å². The van der Waals surface area contributed by atoms with E-state index in [2.05, 4.69) is 60.7 Å². The van der Waals surface area contributed by atoms with Gasteiger partial charge in [0.15, 0.2) is 0 Å². The number of allylic oxidation sites excluding steroid dienone is 2. The molecule has 0 amide bonds. The molecule has 0 bridgehead atoms. The van der Waals surface area contributed by atoms with Gasteiger partial charge in [-0.25, -0.2) is 0 Å². The minimum atomic E-state index is 0.316. The van der Waals surface area contributed by atoms with E-state index in [9.17, 15) is 0 Å². The SMILES string of the molecule is C1=C(C2(C3=Cc4ccccc4C3)CCCCC2)Cc2ccccc21. The van der Waals surface area contributed by atoms with Gasteiger partial charge in [-0.3, -0.25) is 0 Å². The second kappa shape index (κ2) is 5.48. The Labute approximate surface area is 144 Å². The highest BCUT2D eigenvalue weighted by atomic mass is 14.4. The fourth-order valence-corrected chi connectivity index (χ4v) is 5.18. The quantitative estimate of drug-likeness (QED) is 0.618. The first kappa shape index (κ1) is 14.3. The average Bonchev–Trinajstić information content (AvgIpc) is 3.26. The van der Waals surface area contributed by atoms with Crippen molar-refractivity contribution in [2.45, 2.75) is 44.9 Å². The number of hydrogen-bond donors (Lipinski definition) is 0. The highest BCUT2D eigenvalue weighted by molar-refractivity contribution is 5.71. The molecule has 0 aliphatic heterocycles. The van der Waals surface area contributed by atoms with Crippen molar-refractivity contribution in [3.05, 3.63) is 81.9 Å². The van der Waals surface area contributed by atoms with E-state index in [0.717, 1.165) is 12.8 Å². The van der Waals surface area contributed by atoms with Crippen LogP contribution in [0.2, 0.25) is 0 Å². The van der Waals surface area contributed by atoms with Crippen molar-refractivity contribution in [1.82, 2.24) is 0 Å². The molecule has 0 unspecified atom stereocenters. The average molecular weight is 312 g/mol. The summed E-state index contributed by atoms with van der Waals surface area (Å²) in [6.45, 7) is 0. The molecular formula is C24H24. The van der Waals surface area contributed by atoms with Gasteiger partial charge in [0.2, 0.25) is 0 Å². The van der Waals surface area contributed by atoms with E-state index >= 15 is 0 Å². The van der Waals surface area contributed by atoms with E-state index in [4.69, 9.17) is 0 Å². The normalized spacial score (nSPS) is 21.0. The number of hydrogen-bond acceptors (Lipinski definition) is 0. The molecule has 0 aromatic heterocycles. The van der Waals surface area contributed by atoms with E-state index < -0.39 is 0 Å². The van der Waals surface area contributed by atoms with Crippen LogP contribution in [-0.2, 0) is 12.8 Å². The zero-order chi connectivity index (χ0) is 16.0. The van der Waals surface area contributed by atoms with Crippen LogP contribution in [0.15, 0.2) is 59.7 Å². The molecule has 5 rings (SSSR count). The maximum absolute atomic E-state index is 2.52. The van der Waals surface area contributed by atoms with Gasteiger partial charge in [-0.15, -0.1) is 0 Å². The second-order valence-corrected chi connectivity index (χ2v) is 7.73. The van der Waals surface area contributed by atoms with Crippen LogP contribution in [0.3, 0.4) is 0 Å². The van der Waals surface area contributed by atoms with E-state index in [1.54, 1.807) is 11.1 Å². The fraction of sp³-hybridized carbons (Fsp3) is 0.333. The molecule has 24 heavy (non-hydrogen) atoms. The molecule has 1 saturated carbocycles. The Hall–Kier alpha value is -2.08. The molecule has 0 heteroatoms. The van der Waals surface area contributed by atoms with Crippen LogP contribution in [-0.4, -0.2) is 0 Å². The standard InChI is InChI=1S/C24H24/c1-6-12-24(13-7-1,22-14-18-8-2-3-9-19(18)15-22)23-16-20-10-4-5-11-21(20)17-23/h2-5,8-11,14,16H,1,6-7,12-13,15,17H2. The van der Waals surface area contributed by atoms with Crippen molar-refractivity contribution in [3.8, 4) is 0 Å². The van der Waals surface area contributed by atoms with E-state index in [1.807, 2.05) is 0 Å². The van der Waals surface area contributed by atoms with Crippen LogP contribution < -0.4 is 0 Å². The summed E-state index contributed by atoms with van der Waals surface area (Å²) < 4.78 is 0. The Morgan fingerprint density at radius 3 is 1.58 bits per heavy atom. The second-order valence-electron chi connectivity index (χ2n) is 7.73. The maximum atomic E-state index is 2.52. The Bertz CT molecular complexity index is 778. The lowest BCUT2D eigenvalue weighted by Crippen LogP contribution is -2.29. The van der Waals surface area contributed by atoms with Crippen LogP contribution in [0.5, 0.6) is 0 Å². The topological polar surface area (TPSA) is 0 Å². The van der Waals surface area contributed by atoms with E-state index in [-0.39, 0.29) is 0 Å². The maximum Gasteiger partial charge on any atom is 0.0134 e. The van der Waals surface area contributed by atoms with Crippen LogP contribution >= 0.6 is 0 Å². The summed E-state index contributed by atoms with van der Waals surface area (Å²) in [4.78, 5) is 0. The minimum Gasteiger partial charge on any atom is -0.0619 e. The van der Waals surface area contributed by atoms with Crippen molar-refractivity contribution in [2.24, 2.45) is 5.41 Å². The zero-order valence-electron chi connectivity index (χ0n) is 14.2. The number of benzene rings is 2. The molecule has 120 valence electrons. The zero-order valence-corrected chi connectivity index (χ0v) is 14.2. The van der Waals surface area contributed by atoms with Gasteiger partial charge in [0.05, 0.1) is 0 Å². The van der Waals surface area contributed by atoms with E-state index in [1.165, 1.54) is 54.4 Å². The van der Waals surface area contributed by atoms with Crippen molar-refractivity contribution in [1.29, 1.82) is 0 Å². The van der Waals surface area contributed by atoms with Gasteiger partial charge in [-0.2, -0.15) is 0 Å². The summed E-state index contributed by atoms with van der Waals surface area (Å²) in [6, 6.07) is 17.9. The summed E-state index contributed by atoms with van der Waals surface area (Å²) >= 11 is 0. The summed E-state index contributed by atoms with van der Waals surface area (Å²) in [6.07, 6.45) is 14.2. The first-order valence-corrected chi connectivity index (χ1v) is 9.43. The lowest BCUT2D eigenvalue weighted by molar-refractivity contribution is 0.286. The molecule has 3 aliphatic carbocycles. The predicted octanol–water partition coefficient (Wildman–Crippen LogP) is 6.22. The van der Waals surface area contributed by atoms with Crippen molar-refractivity contribution in [2.75, 3.05) is 0 Å². The van der Waals surface area contributed by atoms with Gasteiger partial charge in [0, 0.05) is 5.41 Å². The Kier molecular flexibility index (Phi) is 3.26. The van der Waals surface area contributed by atoms with Crippen molar-refractivity contribution >= 4 is 12.2 Å². The molecule has 1 fully saturated rings. The number of fused-ring (bicyclic) bond motifs is 2. The van der Waals surface area contributed by atoms with Crippen LogP contribution in [0, 0.1) is 5.41 Å². The highest BCUT2D eigenvalue weighted by Crippen LogP contribution is 2.54. The lowest BCUT2D eigenvalue weighted by atomic mass is 9.63. The first-order chi connectivity index (χ1) is 11.9. The molecule has 0 atom stereocenters. The van der Waals surface area contributed by atoms with Gasteiger partial charge in [-0.05, 0) is 47.9 Å². The molecule has 0 spiro atoms. The summed E-state index contributed by atoms with van der Waals surface area (Å²) in [5.41, 5.74) is 9.63. The summed E-state index contributed by atoms with van der Waals surface area (Å²) in [7, 11) is 0. The van der Waals surface area contributed by atoms with Crippen molar-refractivity contribution in [3.63, 3.8) is 0 Å². The third-order valence-corrected chi connectivity index (χ3v) is 6.47. The minimum absolute atomic E-state index is 0.316. The molecule has 0 saturated heterocycles. The van der Waals surface area contributed by atoms with Crippen LogP contribution in [0.1, 0.15) is 54.4 Å². The molecule has 0 heterocycles. The van der Waals surface area contributed by atoms with Crippen molar-refractivity contribution < 1.29 is 0 Å². The molecular weight excluding hydrogens is 288 g/mol. The number of rotatable bonds is 2. The fourth-order valence-electron chi connectivity index (χ4n) is 5.18. The van der Waals surface area contributed by atoms with Gasteiger partial charge < -0.3 is 0 Å². The van der Waals surface area contributed by atoms with Gasteiger partial charge in [0.25, 0.3) is 0 Å². The lowest BCUT2D eigenvalue weighted by Gasteiger charge is -2.40. The predicted molar refractivity (Wildman–Crippen MR) is 102 cm³/mol. The molecule has 2 aromatic carbocycles. The monoisotopic (exact) mass is 312 g/mol. The third-order valence-electron chi connectivity index (χ3n) is 6.47. The summed E-state index contributed by atoms with van der Waals surface area (Å²) in [5, 5.41) is 0. The Morgan fingerprint density at radius 2 is 1.08 bits per heavy atom. The molecule has 2 aromatic rings. The molecule has 0 nitrogen and oxygen atoms in total. The Morgan fingerprint density at radius 1 is 0.583 bits per heavy atom. The Balaban J connectivity index is 1.57. The largest absolute Gasteiger partial charge is 0.0619 e. The van der Waals surface area contributed by atoms with Crippen LogP contribution in [0.25, 0.3) is 12.2 Å².